The molecule has 2 aromatic carbocycles. The summed E-state index contributed by atoms with van der Waals surface area (Å²) < 4.78 is 0. The van der Waals surface area contributed by atoms with Gasteiger partial charge in [-0.05, 0) is 33.4 Å². The molecule has 0 N–H and O–H groups in total. The quantitative estimate of drug-likeness (QED) is 0.365. The number of benzene rings is 2. The standard InChI is InChI=1S/C18H20N.C4H6.Es/c1-18(2)17-12-8-7-11-15(17)16(13-19(18)3)14-9-5-4-6-10-14;1-3-4-2;/h4-6,8-12,16H,13H2,1-3H3;3-4H,1-2H2;/q-1;;. The molecular weight excluding hydrogens is 530 g/mol. The molecule has 0 saturated carbocycles. The molecule has 0 aliphatic carbocycles. The number of rotatable bonds is 2. The van der Waals surface area contributed by atoms with Gasteiger partial charge in [0.15, 0.2) is 0 Å². The van der Waals surface area contributed by atoms with E-state index in [0.717, 1.165) is 6.54 Å². The maximum absolute atomic E-state index is 3.36. The van der Waals surface area contributed by atoms with Gasteiger partial charge in [-0.15, -0.1) is 11.1 Å². The van der Waals surface area contributed by atoms with Crippen molar-refractivity contribution < 1.29 is 0 Å². The van der Waals surface area contributed by atoms with Gasteiger partial charge in [-0.3, -0.25) is 4.90 Å². The monoisotopic (exact) mass is 556 g/mol. The molecule has 0 bridgehead atoms. The van der Waals surface area contributed by atoms with Crippen molar-refractivity contribution in [3.05, 3.63) is 96.6 Å². The summed E-state index contributed by atoms with van der Waals surface area (Å²) in [6, 6.07) is 20.5. The van der Waals surface area contributed by atoms with Crippen LogP contribution in [0.25, 0.3) is 0 Å². The molecule has 0 fully saturated rings. The van der Waals surface area contributed by atoms with Crippen LogP contribution in [0.2, 0.25) is 0 Å². The molecule has 1 atom stereocenters. The molecule has 1 heterocycles. The summed E-state index contributed by atoms with van der Waals surface area (Å²) in [5.74, 6) is 0.451. The summed E-state index contributed by atoms with van der Waals surface area (Å²) in [4.78, 5) is 2.45. The van der Waals surface area contributed by atoms with Crippen LogP contribution in [0.1, 0.15) is 36.5 Å². The molecule has 1 radical (unpaired) electrons. The van der Waals surface area contributed by atoms with Gasteiger partial charge in [0.2, 0.25) is 0 Å². The fourth-order valence-electron chi connectivity index (χ4n) is 3.07. The van der Waals surface area contributed by atoms with E-state index in [0.29, 0.717) is 5.92 Å². The van der Waals surface area contributed by atoms with Crippen molar-refractivity contribution >= 4 is 0 Å². The second-order valence-corrected chi connectivity index (χ2v) is 6.39. The maximum Gasteiger partial charge on any atom is 0.0184 e. The van der Waals surface area contributed by atoms with Crippen molar-refractivity contribution in [1.82, 2.24) is 4.90 Å². The summed E-state index contributed by atoms with van der Waals surface area (Å²) in [6.07, 6.45) is 3.28. The third kappa shape index (κ3) is 3.61. The van der Waals surface area contributed by atoms with Crippen LogP contribution in [-0.4, -0.2) is 18.5 Å². The molecule has 3 rings (SSSR count). The largest absolute Gasteiger partial charge is 0.299 e. The van der Waals surface area contributed by atoms with Gasteiger partial charge in [0.25, 0.3) is 0 Å². The molecule has 0 amide bonds. The van der Waals surface area contributed by atoms with Crippen molar-refractivity contribution in [3.63, 3.8) is 0 Å². The molecule has 1 aliphatic heterocycles. The van der Waals surface area contributed by atoms with Gasteiger partial charge in [0.05, 0.1) is 0 Å². The van der Waals surface area contributed by atoms with Crippen molar-refractivity contribution in [2.45, 2.75) is 25.3 Å². The molecule has 0 spiro atoms. The Morgan fingerprint density at radius 2 is 1.75 bits per heavy atom. The Hall–Kier alpha value is -3.12. The average molecular weight is 556 g/mol. The summed E-state index contributed by atoms with van der Waals surface area (Å²) in [5.41, 5.74) is 4.34. The number of likely N-dealkylation sites (N-methyl/N-ethyl adjacent to an activating group) is 1. The van der Waals surface area contributed by atoms with Crippen molar-refractivity contribution in [2.75, 3.05) is 13.6 Å². The van der Waals surface area contributed by atoms with Crippen LogP contribution in [0.5, 0.6) is 0 Å². The first-order valence-electron chi connectivity index (χ1n) is 8.02. The zero-order valence-electron chi connectivity index (χ0n) is 14.7. The number of allylic oxidation sites excluding steroid dienone is 2. The Kier molecular flexibility index (Phi) is 6.26. The minimum Gasteiger partial charge on any atom is -0.299 e. The third-order valence-electron chi connectivity index (χ3n) is 4.71. The molecule has 131 valence electrons. The Morgan fingerprint density at radius 1 is 1.12 bits per heavy atom. The second kappa shape index (κ2) is 7.94. The summed E-state index contributed by atoms with van der Waals surface area (Å²) in [5, 5.41) is 0. The summed E-state index contributed by atoms with van der Waals surface area (Å²) >= 11 is 0. The Bertz CT molecular complexity index is 655. The first-order valence-corrected chi connectivity index (χ1v) is 8.02. The number of hydrogen-bond donors (Lipinski definition) is 0. The Balaban J connectivity index is 0.000000522. The van der Waals surface area contributed by atoms with Crippen molar-refractivity contribution in [2.24, 2.45) is 0 Å². The normalized spacial score (nSPS) is 18.2. The smallest absolute Gasteiger partial charge is 0.0184 e. The van der Waals surface area contributed by atoms with Crippen LogP contribution in [0.3, 0.4) is 0 Å². The van der Waals surface area contributed by atoms with E-state index in [1.165, 1.54) is 16.7 Å². The fraction of sp³-hybridized carbons (Fsp3) is 0.273. The van der Waals surface area contributed by atoms with Gasteiger partial charge in [0, 0.05) is 5.54 Å². The SMILES string of the molecule is C=CC=C.CN1CC(c2ccccc2)c2c[c-]ccc2C1(C)C.[Es]. The third-order valence-corrected chi connectivity index (χ3v) is 4.71. The van der Waals surface area contributed by atoms with E-state index in [2.05, 4.69) is 87.5 Å². The summed E-state index contributed by atoms with van der Waals surface area (Å²) in [6.45, 7) is 12.4. The number of fused-ring (bicyclic) bond motifs is 1. The fourth-order valence-corrected chi connectivity index (χ4v) is 3.07. The number of nitrogens with zero attached hydrogens (tertiary/aromatic N) is 1. The van der Waals surface area contributed by atoms with Crippen LogP contribution in [0.4, 0.5) is 0 Å². The average Bonchev–Trinajstić information content (AvgIpc) is 2.59. The van der Waals surface area contributed by atoms with Crippen LogP contribution < -0.4 is 0 Å². The predicted octanol–water partition coefficient (Wildman–Crippen LogP) is 5.16. The Labute approximate surface area is 141 Å². The minimum absolute atomic E-state index is 0. The second-order valence-electron chi connectivity index (χ2n) is 6.39. The van der Waals surface area contributed by atoms with Crippen molar-refractivity contribution in [3.8, 4) is 0 Å². The van der Waals surface area contributed by atoms with E-state index in [9.17, 15) is 0 Å². The molecule has 1 aliphatic rings. The van der Waals surface area contributed by atoms with E-state index in [1.807, 2.05) is 6.07 Å². The van der Waals surface area contributed by atoms with Crippen LogP contribution in [0, 0.1) is 6.07 Å². The van der Waals surface area contributed by atoms with Gasteiger partial charge < -0.3 is 0 Å². The number of hydrogen-bond acceptors (Lipinski definition) is 1. The summed E-state index contributed by atoms with van der Waals surface area (Å²) in [7, 11) is 2.22. The molecule has 2 aromatic rings. The molecule has 2 heteroatoms. The van der Waals surface area contributed by atoms with Gasteiger partial charge in [-0.25, -0.2) is 0 Å². The van der Waals surface area contributed by atoms with E-state index in [4.69, 9.17) is 0 Å². The van der Waals surface area contributed by atoms with Gasteiger partial charge in [0.1, 0.15) is 0 Å². The molecule has 1 unspecified atom stereocenters. The van der Waals surface area contributed by atoms with Crippen LogP contribution in [-0.2, 0) is 5.54 Å². The zero-order valence-corrected chi connectivity index (χ0v) is 17.2. The van der Waals surface area contributed by atoms with Gasteiger partial charge in [-0.2, -0.15) is 24.3 Å². The van der Waals surface area contributed by atoms with E-state index >= 15 is 0 Å². The van der Waals surface area contributed by atoms with Crippen LogP contribution >= 0.6 is 0 Å². The molecule has 1 nitrogen and oxygen atoms in total. The van der Waals surface area contributed by atoms with Crippen molar-refractivity contribution in [1.29, 1.82) is 0 Å². The zero-order chi connectivity index (χ0) is 16.9. The van der Waals surface area contributed by atoms with Gasteiger partial charge >= 0.3 is 0 Å². The molecular formula is C22H26EsN-. The first kappa shape index (κ1) is 18.9. The van der Waals surface area contributed by atoms with E-state index in [1.54, 1.807) is 12.2 Å². The molecule has 0 aromatic heterocycles. The minimum atomic E-state index is 0. The van der Waals surface area contributed by atoms with Gasteiger partial charge in [-0.1, -0.05) is 61.2 Å². The van der Waals surface area contributed by atoms with E-state index in [-0.39, 0.29) is 5.54 Å². The maximum atomic E-state index is 3.36. The topological polar surface area (TPSA) is 3.24 Å². The molecule has 24 heavy (non-hydrogen) atoms. The van der Waals surface area contributed by atoms with Crippen LogP contribution in [0.15, 0.2) is 73.8 Å². The predicted molar refractivity (Wildman–Crippen MR) is 99.6 cm³/mol. The first-order chi connectivity index (χ1) is 11.0. The Morgan fingerprint density at radius 3 is 2.33 bits per heavy atom. The molecule has 0 saturated heterocycles. The van der Waals surface area contributed by atoms with E-state index < -0.39 is 0 Å².